The third kappa shape index (κ3) is 5.20. The molecule has 0 atom stereocenters. The molecule has 0 spiro atoms. The Kier molecular flexibility index (Phi) is 6.01. The Labute approximate surface area is 108 Å². The van der Waals surface area contributed by atoms with Gasteiger partial charge in [-0.3, -0.25) is 4.79 Å². The summed E-state index contributed by atoms with van der Waals surface area (Å²) in [4.78, 5) is 13.7. The number of hydrogen-bond donors (Lipinski definition) is 1. The number of carbonyl (C=O) groups excluding carboxylic acids is 1. The van der Waals surface area contributed by atoms with Crippen molar-refractivity contribution in [2.45, 2.75) is 19.4 Å². The number of nitrogens with one attached hydrogen (secondary N) is 1. The summed E-state index contributed by atoms with van der Waals surface area (Å²) in [6, 6.07) is 7.86. The third-order valence-electron chi connectivity index (χ3n) is 2.32. The van der Waals surface area contributed by atoms with Crippen LogP contribution >= 0.6 is 11.6 Å². The van der Waals surface area contributed by atoms with Crippen LogP contribution in [0.1, 0.15) is 18.4 Å². The van der Waals surface area contributed by atoms with Crippen molar-refractivity contribution in [3.8, 4) is 0 Å². The molecule has 94 valence electrons. The number of halogens is 1. The van der Waals surface area contributed by atoms with Gasteiger partial charge in [-0.15, -0.1) is 11.6 Å². The van der Waals surface area contributed by atoms with Gasteiger partial charge in [0.15, 0.2) is 0 Å². The Morgan fingerprint density at radius 1 is 1.35 bits per heavy atom. The van der Waals surface area contributed by atoms with Gasteiger partial charge in [-0.05, 0) is 32.1 Å². The fraction of sp³-hybridized carbons (Fsp3) is 0.462. The summed E-state index contributed by atoms with van der Waals surface area (Å²) in [6.07, 6.45) is 1.18. The molecule has 1 aromatic rings. The summed E-state index contributed by atoms with van der Waals surface area (Å²) in [7, 11) is 4.01. The Morgan fingerprint density at radius 3 is 2.71 bits per heavy atom. The molecule has 0 saturated carbocycles. The van der Waals surface area contributed by atoms with Crippen LogP contribution < -0.4 is 5.32 Å². The maximum Gasteiger partial charge on any atom is 0.224 e. The van der Waals surface area contributed by atoms with Crippen LogP contribution in [0, 0.1) is 0 Å². The van der Waals surface area contributed by atoms with E-state index in [4.69, 9.17) is 11.6 Å². The average Bonchev–Trinajstić information content (AvgIpc) is 2.28. The van der Waals surface area contributed by atoms with Gasteiger partial charge in [-0.1, -0.05) is 18.2 Å². The molecule has 1 rings (SSSR count). The van der Waals surface area contributed by atoms with E-state index in [1.165, 1.54) is 0 Å². The van der Waals surface area contributed by atoms with Crippen molar-refractivity contribution >= 4 is 23.2 Å². The Morgan fingerprint density at radius 2 is 2.06 bits per heavy atom. The lowest BCUT2D eigenvalue weighted by atomic mass is 10.1. The largest absolute Gasteiger partial charge is 0.326 e. The lowest BCUT2D eigenvalue weighted by molar-refractivity contribution is -0.116. The van der Waals surface area contributed by atoms with Crippen LogP contribution in [0.4, 0.5) is 5.69 Å². The maximum atomic E-state index is 11.6. The van der Waals surface area contributed by atoms with E-state index < -0.39 is 0 Å². The molecule has 1 amide bonds. The predicted octanol–water partition coefficient (Wildman–Crippen LogP) is 2.71. The van der Waals surface area contributed by atoms with Crippen LogP contribution in [0.5, 0.6) is 0 Å². The first-order valence-electron chi connectivity index (χ1n) is 5.72. The molecule has 0 saturated heterocycles. The highest BCUT2D eigenvalue weighted by molar-refractivity contribution is 6.18. The first kappa shape index (κ1) is 14.0. The number of anilines is 1. The van der Waals surface area contributed by atoms with Crippen molar-refractivity contribution in [3.05, 3.63) is 29.8 Å². The number of nitrogens with zero attached hydrogens (tertiary/aromatic N) is 1. The summed E-state index contributed by atoms with van der Waals surface area (Å²) < 4.78 is 0. The van der Waals surface area contributed by atoms with E-state index in [2.05, 4.69) is 10.2 Å². The quantitative estimate of drug-likeness (QED) is 0.792. The second-order valence-corrected chi connectivity index (χ2v) is 4.61. The van der Waals surface area contributed by atoms with Crippen molar-refractivity contribution in [2.75, 3.05) is 25.3 Å². The predicted molar refractivity (Wildman–Crippen MR) is 72.4 cm³/mol. The lowest BCUT2D eigenvalue weighted by Crippen LogP contribution is -2.16. The number of para-hydroxylation sites is 1. The van der Waals surface area contributed by atoms with Crippen LogP contribution in [-0.2, 0) is 11.3 Å². The second kappa shape index (κ2) is 7.30. The molecule has 1 N–H and O–H groups in total. The van der Waals surface area contributed by atoms with Gasteiger partial charge < -0.3 is 10.2 Å². The molecule has 1 aromatic carbocycles. The van der Waals surface area contributed by atoms with Crippen molar-refractivity contribution in [2.24, 2.45) is 0 Å². The SMILES string of the molecule is CN(C)Cc1ccccc1NC(=O)CCCCl. The average molecular weight is 255 g/mol. The molecule has 0 aliphatic rings. The minimum atomic E-state index is 0.0249. The number of alkyl halides is 1. The van der Waals surface area contributed by atoms with Gasteiger partial charge >= 0.3 is 0 Å². The number of benzene rings is 1. The molecular weight excluding hydrogens is 236 g/mol. The zero-order valence-corrected chi connectivity index (χ0v) is 11.1. The van der Waals surface area contributed by atoms with E-state index in [0.717, 1.165) is 17.8 Å². The smallest absolute Gasteiger partial charge is 0.224 e. The summed E-state index contributed by atoms with van der Waals surface area (Å²) in [6.45, 7) is 0.811. The highest BCUT2D eigenvalue weighted by atomic mass is 35.5. The Balaban J connectivity index is 2.66. The van der Waals surface area contributed by atoms with Crippen molar-refractivity contribution in [1.82, 2.24) is 4.90 Å². The molecule has 3 nitrogen and oxygen atoms in total. The number of rotatable bonds is 6. The molecular formula is C13H19ClN2O. The van der Waals surface area contributed by atoms with Gasteiger partial charge in [0.1, 0.15) is 0 Å². The van der Waals surface area contributed by atoms with Crippen LogP contribution in [-0.4, -0.2) is 30.8 Å². The molecule has 0 aliphatic carbocycles. The van der Waals surface area contributed by atoms with E-state index in [-0.39, 0.29) is 5.91 Å². The number of amides is 1. The van der Waals surface area contributed by atoms with Crippen molar-refractivity contribution in [1.29, 1.82) is 0 Å². The highest BCUT2D eigenvalue weighted by Crippen LogP contribution is 2.16. The summed E-state index contributed by atoms with van der Waals surface area (Å²) >= 11 is 5.56. The zero-order chi connectivity index (χ0) is 12.7. The van der Waals surface area contributed by atoms with Gasteiger partial charge in [0, 0.05) is 24.5 Å². The van der Waals surface area contributed by atoms with E-state index >= 15 is 0 Å². The standard InChI is InChI=1S/C13H19ClN2O/c1-16(2)10-11-6-3-4-7-12(11)15-13(17)8-5-9-14/h3-4,6-7H,5,8-10H2,1-2H3,(H,15,17). The molecule has 0 unspecified atom stereocenters. The Bertz CT molecular complexity index is 366. The minimum absolute atomic E-state index is 0.0249. The first-order chi connectivity index (χ1) is 8.13. The maximum absolute atomic E-state index is 11.6. The monoisotopic (exact) mass is 254 g/mol. The van der Waals surface area contributed by atoms with Gasteiger partial charge in [-0.25, -0.2) is 0 Å². The fourth-order valence-electron chi connectivity index (χ4n) is 1.56. The second-order valence-electron chi connectivity index (χ2n) is 4.24. The van der Waals surface area contributed by atoms with E-state index in [1.54, 1.807) is 0 Å². The van der Waals surface area contributed by atoms with Gasteiger partial charge in [0.05, 0.1) is 0 Å². The molecule has 0 radical (unpaired) electrons. The molecule has 0 heterocycles. The minimum Gasteiger partial charge on any atom is -0.326 e. The molecule has 0 aromatic heterocycles. The number of hydrogen-bond acceptors (Lipinski definition) is 2. The molecule has 17 heavy (non-hydrogen) atoms. The lowest BCUT2D eigenvalue weighted by Gasteiger charge is -2.14. The third-order valence-corrected chi connectivity index (χ3v) is 2.58. The van der Waals surface area contributed by atoms with Gasteiger partial charge in [0.2, 0.25) is 5.91 Å². The summed E-state index contributed by atoms with van der Waals surface area (Å²) in [5.74, 6) is 0.545. The number of carbonyl (C=O) groups is 1. The van der Waals surface area contributed by atoms with Crippen LogP contribution in [0.15, 0.2) is 24.3 Å². The molecule has 4 heteroatoms. The topological polar surface area (TPSA) is 32.3 Å². The Hall–Kier alpha value is -1.06. The van der Waals surface area contributed by atoms with Crippen molar-refractivity contribution < 1.29 is 4.79 Å². The van der Waals surface area contributed by atoms with Crippen molar-refractivity contribution in [3.63, 3.8) is 0 Å². The van der Waals surface area contributed by atoms with Crippen LogP contribution in [0.2, 0.25) is 0 Å². The van der Waals surface area contributed by atoms with Crippen LogP contribution in [0.3, 0.4) is 0 Å². The molecule has 0 bridgehead atoms. The molecule has 0 fully saturated rings. The summed E-state index contributed by atoms with van der Waals surface area (Å²) in [5, 5.41) is 2.93. The molecule has 0 aliphatic heterocycles. The van der Waals surface area contributed by atoms with E-state index in [1.807, 2.05) is 38.4 Å². The van der Waals surface area contributed by atoms with E-state index in [0.29, 0.717) is 18.7 Å². The van der Waals surface area contributed by atoms with Gasteiger partial charge in [0.25, 0.3) is 0 Å². The zero-order valence-electron chi connectivity index (χ0n) is 10.4. The highest BCUT2D eigenvalue weighted by Gasteiger charge is 2.06. The summed E-state index contributed by atoms with van der Waals surface area (Å²) in [5.41, 5.74) is 2.01. The van der Waals surface area contributed by atoms with Gasteiger partial charge in [-0.2, -0.15) is 0 Å². The normalized spacial score (nSPS) is 10.6. The van der Waals surface area contributed by atoms with E-state index in [9.17, 15) is 4.79 Å². The fourth-order valence-corrected chi connectivity index (χ4v) is 1.69. The van der Waals surface area contributed by atoms with Crippen LogP contribution in [0.25, 0.3) is 0 Å². The first-order valence-corrected chi connectivity index (χ1v) is 6.25.